The molecule has 0 heterocycles. The molecule has 0 spiro atoms. The summed E-state index contributed by atoms with van der Waals surface area (Å²) in [5, 5.41) is 2.38. The van der Waals surface area contributed by atoms with E-state index >= 15 is 0 Å². The van der Waals surface area contributed by atoms with Crippen LogP contribution in [0, 0.1) is 9.39 Å². The van der Waals surface area contributed by atoms with E-state index < -0.39 is 11.9 Å². The fourth-order valence-corrected chi connectivity index (χ4v) is 2.25. The predicted molar refractivity (Wildman–Crippen MR) is 87.1 cm³/mol. The molecular weight excluding hydrogens is 440 g/mol. The van der Waals surface area contributed by atoms with Crippen molar-refractivity contribution < 1.29 is 13.9 Å². The zero-order valence-electron chi connectivity index (χ0n) is 10.2. The molecule has 2 rings (SSSR count). The number of ether oxygens (including phenoxy) is 1. The van der Waals surface area contributed by atoms with E-state index in [1.807, 2.05) is 52.9 Å². The number of anilines is 1. The standard InChI is InChI=1S/C14H10BrFINO2/c15-12-10(17)6-7-11(13(12)16)18-14(19)20-8-9-4-2-1-3-5-9/h1-7H,8H2,(H,18,19). The van der Waals surface area contributed by atoms with Crippen molar-refractivity contribution >= 4 is 50.3 Å². The van der Waals surface area contributed by atoms with Crippen molar-refractivity contribution in [3.8, 4) is 0 Å². The first kappa shape index (κ1) is 15.2. The van der Waals surface area contributed by atoms with Crippen LogP contribution < -0.4 is 5.32 Å². The second kappa shape index (κ2) is 7.03. The van der Waals surface area contributed by atoms with Gasteiger partial charge < -0.3 is 4.74 Å². The van der Waals surface area contributed by atoms with Gasteiger partial charge in [-0.05, 0) is 56.2 Å². The van der Waals surface area contributed by atoms with E-state index in [1.54, 1.807) is 6.07 Å². The van der Waals surface area contributed by atoms with Gasteiger partial charge in [0, 0.05) is 3.57 Å². The van der Waals surface area contributed by atoms with Crippen LogP contribution >= 0.6 is 38.5 Å². The molecule has 0 saturated heterocycles. The van der Waals surface area contributed by atoms with Crippen LogP contribution in [0.3, 0.4) is 0 Å². The summed E-state index contributed by atoms with van der Waals surface area (Å²) in [7, 11) is 0. The van der Waals surface area contributed by atoms with Crippen LogP contribution in [0.25, 0.3) is 0 Å². The molecule has 0 bridgehead atoms. The monoisotopic (exact) mass is 449 g/mol. The van der Waals surface area contributed by atoms with Crippen molar-refractivity contribution in [3.63, 3.8) is 0 Å². The number of benzene rings is 2. The molecular formula is C14H10BrFINO2. The van der Waals surface area contributed by atoms with Gasteiger partial charge >= 0.3 is 6.09 Å². The molecule has 1 amide bonds. The van der Waals surface area contributed by atoms with E-state index in [0.29, 0.717) is 4.47 Å². The van der Waals surface area contributed by atoms with Gasteiger partial charge in [0.25, 0.3) is 0 Å². The van der Waals surface area contributed by atoms with Crippen molar-refractivity contribution in [3.05, 3.63) is 61.9 Å². The Kier molecular flexibility index (Phi) is 5.36. The van der Waals surface area contributed by atoms with Crippen LogP contribution in [0.15, 0.2) is 46.9 Å². The maximum atomic E-state index is 13.9. The summed E-state index contributed by atoms with van der Waals surface area (Å²) in [5.74, 6) is -0.520. The lowest BCUT2D eigenvalue weighted by atomic mass is 10.2. The molecule has 0 radical (unpaired) electrons. The summed E-state index contributed by atoms with van der Waals surface area (Å²) in [4.78, 5) is 11.6. The summed E-state index contributed by atoms with van der Waals surface area (Å²) in [6, 6.07) is 12.5. The summed E-state index contributed by atoms with van der Waals surface area (Å²) < 4.78 is 19.9. The SMILES string of the molecule is O=C(Nc1ccc(I)c(Br)c1F)OCc1ccccc1. The highest BCUT2D eigenvalue weighted by Gasteiger charge is 2.12. The van der Waals surface area contributed by atoms with Gasteiger partial charge in [0.2, 0.25) is 0 Å². The van der Waals surface area contributed by atoms with E-state index in [2.05, 4.69) is 21.2 Å². The van der Waals surface area contributed by atoms with Gasteiger partial charge in [-0.1, -0.05) is 30.3 Å². The number of hydrogen-bond acceptors (Lipinski definition) is 2. The Hall–Kier alpha value is -1.15. The minimum absolute atomic E-state index is 0.0790. The number of carbonyl (C=O) groups is 1. The molecule has 1 N–H and O–H groups in total. The van der Waals surface area contributed by atoms with Crippen LogP contribution in [0.2, 0.25) is 0 Å². The van der Waals surface area contributed by atoms with Gasteiger partial charge in [0.05, 0.1) is 10.2 Å². The van der Waals surface area contributed by atoms with E-state index in [0.717, 1.165) is 9.13 Å². The van der Waals surface area contributed by atoms with Gasteiger partial charge in [-0.15, -0.1) is 0 Å². The molecule has 0 unspecified atom stereocenters. The van der Waals surface area contributed by atoms with E-state index in [-0.39, 0.29) is 12.3 Å². The Labute approximate surface area is 137 Å². The topological polar surface area (TPSA) is 38.3 Å². The van der Waals surface area contributed by atoms with E-state index in [9.17, 15) is 9.18 Å². The van der Waals surface area contributed by atoms with Gasteiger partial charge in [0.15, 0.2) is 5.82 Å². The van der Waals surface area contributed by atoms with Crippen molar-refractivity contribution in [2.75, 3.05) is 5.32 Å². The Morgan fingerprint density at radius 1 is 1.25 bits per heavy atom. The molecule has 104 valence electrons. The molecule has 0 atom stereocenters. The molecule has 0 aromatic heterocycles. The lowest BCUT2D eigenvalue weighted by Crippen LogP contribution is -2.14. The lowest BCUT2D eigenvalue weighted by Gasteiger charge is -2.09. The number of amides is 1. The minimum Gasteiger partial charge on any atom is -0.444 e. The Balaban J connectivity index is 1.97. The highest BCUT2D eigenvalue weighted by molar-refractivity contribution is 14.1. The molecule has 0 saturated carbocycles. The average molecular weight is 450 g/mol. The minimum atomic E-state index is -0.694. The summed E-state index contributed by atoms with van der Waals surface area (Å²) in [5.41, 5.74) is 0.947. The fraction of sp³-hybridized carbons (Fsp3) is 0.0714. The van der Waals surface area contributed by atoms with Gasteiger partial charge in [-0.25, -0.2) is 9.18 Å². The first-order valence-electron chi connectivity index (χ1n) is 5.69. The molecule has 2 aromatic carbocycles. The molecule has 0 fully saturated rings. The van der Waals surface area contributed by atoms with Crippen LogP contribution in [-0.2, 0) is 11.3 Å². The van der Waals surface area contributed by atoms with E-state index in [4.69, 9.17) is 4.74 Å². The summed E-state index contributed by atoms with van der Waals surface area (Å²) in [6.45, 7) is 0.139. The number of nitrogens with one attached hydrogen (secondary N) is 1. The molecule has 0 aliphatic rings. The zero-order chi connectivity index (χ0) is 14.5. The van der Waals surface area contributed by atoms with Crippen molar-refractivity contribution in [2.24, 2.45) is 0 Å². The highest BCUT2D eigenvalue weighted by Crippen LogP contribution is 2.28. The second-order valence-electron chi connectivity index (χ2n) is 3.91. The largest absolute Gasteiger partial charge is 0.444 e. The molecule has 0 aliphatic carbocycles. The number of carbonyl (C=O) groups excluding carboxylic acids is 1. The van der Waals surface area contributed by atoms with E-state index in [1.165, 1.54) is 6.07 Å². The van der Waals surface area contributed by atoms with Crippen LogP contribution in [-0.4, -0.2) is 6.09 Å². The fourth-order valence-electron chi connectivity index (χ4n) is 1.49. The third kappa shape index (κ3) is 3.92. The van der Waals surface area contributed by atoms with Gasteiger partial charge in [-0.2, -0.15) is 0 Å². The molecule has 0 aliphatic heterocycles. The van der Waals surface area contributed by atoms with Crippen molar-refractivity contribution in [2.45, 2.75) is 6.61 Å². The third-order valence-corrected chi connectivity index (χ3v) is 4.90. The normalized spacial score (nSPS) is 10.2. The smallest absolute Gasteiger partial charge is 0.412 e. The average Bonchev–Trinajstić information content (AvgIpc) is 2.47. The van der Waals surface area contributed by atoms with Gasteiger partial charge in [0.1, 0.15) is 6.61 Å². The Morgan fingerprint density at radius 3 is 2.65 bits per heavy atom. The van der Waals surface area contributed by atoms with Crippen LogP contribution in [0.1, 0.15) is 5.56 Å². The zero-order valence-corrected chi connectivity index (χ0v) is 13.9. The first-order chi connectivity index (χ1) is 9.58. The van der Waals surface area contributed by atoms with Gasteiger partial charge in [-0.3, -0.25) is 5.32 Å². The molecule has 6 heteroatoms. The number of hydrogen-bond donors (Lipinski definition) is 1. The van der Waals surface area contributed by atoms with Crippen molar-refractivity contribution in [1.29, 1.82) is 0 Å². The number of halogens is 3. The third-order valence-electron chi connectivity index (χ3n) is 2.48. The first-order valence-corrected chi connectivity index (χ1v) is 7.56. The molecule has 20 heavy (non-hydrogen) atoms. The number of rotatable bonds is 3. The van der Waals surface area contributed by atoms with Crippen LogP contribution in [0.4, 0.5) is 14.9 Å². The molecule has 2 aromatic rings. The maximum absolute atomic E-state index is 13.9. The molecule has 3 nitrogen and oxygen atoms in total. The quantitative estimate of drug-likeness (QED) is 0.532. The summed E-state index contributed by atoms with van der Waals surface area (Å²) >= 11 is 5.11. The Bertz CT molecular complexity index is 622. The lowest BCUT2D eigenvalue weighted by molar-refractivity contribution is 0.155. The summed E-state index contributed by atoms with van der Waals surface area (Å²) in [6.07, 6.45) is -0.694. The predicted octanol–water partition coefficient (Wildman–Crippen LogP) is 4.94. The highest BCUT2D eigenvalue weighted by atomic mass is 127. The Morgan fingerprint density at radius 2 is 1.95 bits per heavy atom. The van der Waals surface area contributed by atoms with Crippen LogP contribution in [0.5, 0.6) is 0 Å². The second-order valence-corrected chi connectivity index (χ2v) is 5.86. The maximum Gasteiger partial charge on any atom is 0.412 e. The van der Waals surface area contributed by atoms with Crippen molar-refractivity contribution in [1.82, 2.24) is 0 Å².